The lowest BCUT2D eigenvalue weighted by atomic mass is 10.0. The predicted octanol–water partition coefficient (Wildman–Crippen LogP) is 2.20. The Morgan fingerprint density at radius 1 is 0.792 bits per heavy atom. The van der Waals surface area contributed by atoms with Gasteiger partial charge in [-0.05, 0) is 35.4 Å². The molecule has 1 aliphatic rings. The van der Waals surface area contributed by atoms with Crippen molar-refractivity contribution in [2.45, 2.75) is 64.4 Å². The average Bonchev–Trinajstić information content (AvgIpc) is 3.04. The van der Waals surface area contributed by atoms with Gasteiger partial charge in [-0.2, -0.15) is 0 Å². The Kier molecular flexibility index (Phi) is 13.9. The highest BCUT2D eigenvalue weighted by atomic mass is 16.7. The van der Waals surface area contributed by atoms with Gasteiger partial charge in [0.2, 0.25) is 12.0 Å². The third-order valence-electron chi connectivity index (χ3n) is 6.76. The standard InChI is InChI=1S/C33H39NO14/c1-18(35)44-30-28(40)31(45-19(2)36)33(46-20(3)37)48-32(30)34-17-23(38)12-13-27(39)47-24-9-7-8-21(14-24)10-11-22-15-25(41-4)29(43-6)26(16-22)42-5/h7-11,14-16,28,30-34,40H,12-13,17H2,1-6H3/b11-10-. The SMILES string of the molecule is COc1cc(/C=C\c2cccc(OC(=O)CCC(=O)CNC3OC(OC(C)=O)C(OC(C)=O)C(O)C3OC(C)=O)c2)cc(OC)c1OC. The van der Waals surface area contributed by atoms with Crippen LogP contribution in [0.15, 0.2) is 36.4 Å². The maximum Gasteiger partial charge on any atom is 0.311 e. The van der Waals surface area contributed by atoms with Gasteiger partial charge in [0.25, 0.3) is 0 Å². The Balaban J connectivity index is 1.58. The van der Waals surface area contributed by atoms with E-state index < -0.39 is 60.5 Å². The van der Waals surface area contributed by atoms with Gasteiger partial charge in [-0.15, -0.1) is 0 Å². The first-order chi connectivity index (χ1) is 22.8. The summed E-state index contributed by atoms with van der Waals surface area (Å²) >= 11 is 0. The molecule has 5 unspecified atom stereocenters. The number of carbonyl (C=O) groups is 5. The van der Waals surface area contributed by atoms with Gasteiger partial charge in [0.15, 0.2) is 29.9 Å². The molecule has 1 fully saturated rings. The number of aliphatic hydroxyl groups is 1. The molecule has 0 radical (unpaired) electrons. The molecule has 0 saturated carbocycles. The number of ketones is 1. The van der Waals surface area contributed by atoms with Crippen molar-refractivity contribution in [2.75, 3.05) is 27.9 Å². The molecule has 5 atom stereocenters. The summed E-state index contributed by atoms with van der Waals surface area (Å²) in [4.78, 5) is 60.0. The minimum atomic E-state index is -1.68. The molecule has 260 valence electrons. The second-order valence-corrected chi connectivity index (χ2v) is 10.4. The summed E-state index contributed by atoms with van der Waals surface area (Å²) in [7, 11) is 4.56. The molecule has 0 bridgehead atoms. The van der Waals surface area contributed by atoms with Crippen LogP contribution >= 0.6 is 0 Å². The molecule has 15 nitrogen and oxygen atoms in total. The van der Waals surface area contributed by atoms with E-state index in [0.717, 1.165) is 31.9 Å². The summed E-state index contributed by atoms with van der Waals surface area (Å²) in [6.07, 6.45) is -4.37. The van der Waals surface area contributed by atoms with Crippen molar-refractivity contribution in [3.05, 3.63) is 47.5 Å². The van der Waals surface area contributed by atoms with Crippen molar-refractivity contribution in [2.24, 2.45) is 0 Å². The summed E-state index contributed by atoms with van der Waals surface area (Å²) in [6.45, 7) is 2.85. The van der Waals surface area contributed by atoms with Gasteiger partial charge < -0.3 is 43.0 Å². The molecule has 1 aliphatic heterocycles. The second kappa shape index (κ2) is 17.8. The fourth-order valence-corrected chi connectivity index (χ4v) is 4.69. The van der Waals surface area contributed by atoms with E-state index in [2.05, 4.69) is 5.32 Å². The highest BCUT2D eigenvalue weighted by molar-refractivity contribution is 5.85. The molecule has 2 aromatic rings. The van der Waals surface area contributed by atoms with Gasteiger partial charge in [0.05, 0.1) is 34.3 Å². The summed E-state index contributed by atoms with van der Waals surface area (Å²) in [5, 5.41) is 13.5. The normalized spacial score (nSPS) is 20.4. The van der Waals surface area contributed by atoms with Crippen LogP contribution in [-0.2, 0) is 42.9 Å². The van der Waals surface area contributed by atoms with Crippen molar-refractivity contribution in [1.29, 1.82) is 0 Å². The quantitative estimate of drug-likeness (QED) is 0.121. The third-order valence-corrected chi connectivity index (χ3v) is 6.76. The number of nitrogens with one attached hydrogen (secondary N) is 1. The van der Waals surface area contributed by atoms with Gasteiger partial charge in [0, 0.05) is 27.2 Å². The summed E-state index contributed by atoms with van der Waals surface area (Å²) in [5.41, 5.74) is 1.51. The van der Waals surface area contributed by atoms with E-state index in [-0.39, 0.29) is 25.1 Å². The van der Waals surface area contributed by atoms with Crippen LogP contribution in [0, 0.1) is 0 Å². The molecule has 0 aromatic heterocycles. The molecule has 1 heterocycles. The van der Waals surface area contributed by atoms with E-state index in [1.165, 1.54) is 21.3 Å². The molecule has 0 amide bonds. The summed E-state index contributed by atoms with van der Waals surface area (Å²) < 4.78 is 42.4. The largest absolute Gasteiger partial charge is 0.493 e. The number of methoxy groups -OCH3 is 3. The minimum Gasteiger partial charge on any atom is -0.493 e. The number of hydrogen-bond acceptors (Lipinski definition) is 15. The van der Waals surface area contributed by atoms with E-state index in [1.807, 2.05) is 12.1 Å². The summed E-state index contributed by atoms with van der Waals surface area (Å²) in [5.74, 6) is -1.78. The monoisotopic (exact) mass is 673 g/mol. The van der Waals surface area contributed by atoms with Crippen molar-refractivity contribution in [3.8, 4) is 23.0 Å². The zero-order valence-corrected chi connectivity index (χ0v) is 27.4. The van der Waals surface area contributed by atoms with E-state index in [4.69, 9.17) is 37.9 Å². The lowest BCUT2D eigenvalue weighted by molar-refractivity contribution is -0.298. The van der Waals surface area contributed by atoms with E-state index in [1.54, 1.807) is 36.4 Å². The molecule has 3 rings (SSSR count). The van der Waals surface area contributed by atoms with Gasteiger partial charge in [-0.3, -0.25) is 29.3 Å². The highest BCUT2D eigenvalue weighted by Gasteiger charge is 2.50. The fraction of sp³-hybridized carbons (Fsp3) is 0.424. The van der Waals surface area contributed by atoms with Crippen molar-refractivity contribution < 1.29 is 67.0 Å². The Morgan fingerprint density at radius 2 is 1.40 bits per heavy atom. The van der Waals surface area contributed by atoms with Gasteiger partial charge in [0.1, 0.15) is 17.6 Å². The Morgan fingerprint density at radius 3 is 1.98 bits per heavy atom. The Labute approximate surface area is 277 Å². The third kappa shape index (κ3) is 10.8. The van der Waals surface area contributed by atoms with Crippen LogP contribution in [0.5, 0.6) is 23.0 Å². The molecular formula is C33H39NO14. The van der Waals surface area contributed by atoms with Crippen molar-refractivity contribution in [3.63, 3.8) is 0 Å². The molecule has 2 aromatic carbocycles. The van der Waals surface area contributed by atoms with Crippen LogP contribution in [0.3, 0.4) is 0 Å². The maximum absolute atomic E-state index is 12.6. The molecule has 48 heavy (non-hydrogen) atoms. The first-order valence-corrected chi connectivity index (χ1v) is 14.7. The minimum absolute atomic E-state index is 0.219. The fourth-order valence-electron chi connectivity index (χ4n) is 4.69. The van der Waals surface area contributed by atoms with Gasteiger partial charge in [-0.1, -0.05) is 24.3 Å². The molecule has 0 aliphatic carbocycles. The number of Topliss-reactive ketones (excluding diaryl/α,β-unsaturated/α-hetero) is 1. The molecule has 2 N–H and O–H groups in total. The lowest BCUT2D eigenvalue weighted by Crippen LogP contribution is -2.64. The number of esters is 4. The first kappa shape index (κ1) is 37.5. The maximum atomic E-state index is 12.6. The van der Waals surface area contributed by atoms with Crippen LogP contribution in [-0.4, -0.2) is 93.5 Å². The molecular weight excluding hydrogens is 634 g/mol. The van der Waals surface area contributed by atoms with Gasteiger partial charge >= 0.3 is 23.9 Å². The highest BCUT2D eigenvalue weighted by Crippen LogP contribution is 2.38. The lowest BCUT2D eigenvalue weighted by Gasteiger charge is -2.42. The van der Waals surface area contributed by atoms with Crippen LogP contribution in [0.1, 0.15) is 44.7 Å². The van der Waals surface area contributed by atoms with E-state index >= 15 is 0 Å². The first-order valence-electron chi connectivity index (χ1n) is 14.7. The van der Waals surface area contributed by atoms with Crippen molar-refractivity contribution >= 4 is 41.8 Å². The number of benzene rings is 2. The van der Waals surface area contributed by atoms with E-state index in [0.29, 0.717) is 17.2 Å². The van der Waals surface area contributed by atoms with Crippen molar-refractivity contribution in [1.82, 2.24) is 5.32 Å². The number of aliphatic hydroxyl groups excluding tert-OH is 1. The van der Waals surface area contributed by atoms with Crippen LogP contribution < -0.4 is 24.3 Å². The second-order valence-electron chi connectivity index (χ2n) is 10.4. The van der Waals surface area contributed by atoms with E-state index in [9.17, 15) is 29.1 Å². The number of rotatable bonds is 15. The summed E-state index contributed by atoms with van der Waals surface area (Å²) in [6, 6.07) is 10.3. The number of hydrogen-bond donors (Lipinski definition) is 2. The zero-order valence-electron chi connectivity index (χ0n) is 27.4. The zero-order chi connectivity index (χ0) is 35.4. The van der Waals surface area contributed by atoms with Crippen LogP contribution in [0.4, 0.5) is 0 Å². The topological polar surface area (TPSA) is 191 Å². The Bertz CT molecular complexity index is 1480. The number of ether oxygens (including phenoxy) is 8. The van der Waals surface area contributed by atoms with Crippen LogP contribution in [0.2, 0.25) is 0 Å². The Hall–Kier alpha value is -4.99. The van der Waals surface area contributed by atoms with Crippen LogP contribution in [0.25, 0.3) is 12.2 Å². The number of carbonyl (C=O) groups excluding carboxylic acids is 5. The predicted molar refractivity (Wildman–Crippen MR) is 167 cm³/mol. The molecule has 0 spiro atoms. The average molecular weight is 674 g/mol. The smallest absolute Gasteiger partial charge is 0.311 e. The molecule has 15 heteroatoms. The van der Waals surface area contributed by atoms with Gasteiger partial charge in [-0.25, -0.2) is 0 Å². The molecule has 1 saturated heterocycles.